The number of carbonyl (C=O) groups excluding carboxylic acids is 2. The predicted molar refractivity (Wildman–Crippen MR) is 103 cm³/mol. The zero-order valence-electron chi connectivity index (χ0n) is 15.2. The number of alkyl halides is 1. The number of halogens is 2. The van der Waals surface area contributed by atoms with Crippen molar-refractivity contribution in [2.45, 2.75) is 43.4 Å². The van der Waals surface area contributed by atoms with Crippen molar-refractivity contribution >= 4 is 40.8 Å². The van der Waals surface area contributed by atoms with Crippen molar-refractivity contribution in [3.63, 3.8) is 0 Å². The molecule has 2 atom stereocenters. The van der Waals surface area contributed by atoms with Crippen molar-refractivity contribution in [3.05, 3.63) is 23.2 Å². The highest BCUT2D eigenvalue weighted by Crippen LogP contribution is 2.64. The van der Waals surface area contributed by atoms with Gasteiger partial charge in [0.1, 0.15) is 5.75 Å². The number of amides is 1. The molecular weight excluding hydrogens is 389 g/mol. The second-order valence-electron chi connectivity index (χ2n) is 8.36. The lowest BCUT2D eigenvalue weighted by Gasteiger charge is -2.58. The van der Waals surface area contributed by atoms with Gasteiger partial charge in [0.25, 0.3) is 5.91 Å². The third-order valence-electron chi connectivity index (χ3n) is 6.19. The van der Waals surface area contributed by atoms with Crippen LogP contribution < -0.4 is 10.1 Å². The highest BCUT2D eigenvalue weighted by Gasteiger charge is 2.60. The summed E-state index contributed by atoms with van der Waals surface area (Å²) < 4.78 is 10.6. The minimum atomic E-state index is -0.514. The van der Waals surface area contributed by atoms with Crippen molar-refractivity contribution in [1.82, 2.24) is 0 Å². The molecule has 1 aromatic rings. The summed E-state index contributed by atoms with van der Waals surface area (Å²) in [4.78, 5) is 24.9. The Kier molecular flexibility index (Phi) is 4.79. The zero-order valence-corrected chi connectivity index (χ0v) is 16.7. The number of esters is 1. The van der Waals surface area contributed by atoms with Crippen LogP contribution in [-0.2, 0) is 14.3 Å². The van der Waals surface area contributed by atoms with Crippen LogP contribution in [-0.4, -0.2) is 30.5 Å². The highest BCUT2D eigenvalue weighted by molar-refractivity contribution is 6.31. The van der Waals surface area contributed by atoms with Crippen LogP contribution in [0.15, 0.2) is 18.2 Å². The second kappa shape index (κ2) is 6.85. The summed E-state index contributed by atoms with van der Waals surface area (Å²) in [6.45, 7) is -0.332. The van der Waals surface area contributed by atoms with Crippen LogP contribution in [0.1, 0.15) is 38.5 Å². The Balaban J connectivity index is 1.38. The zero-order chi connectivity index (χ0) is 19.2. The van der Waals surface area contributed by atoms with Gasteiger partial charge in [-0.1, -0.05) is 11.6 Å². The van der Waals surface area contributed by atoms with Crippen LogP contribution in [0.25, 0.3) is 0 Å². The lowest BCUT2D eigenvalue weighted by atomic mass is 9.49. The second-order valence-corrected chi connectivity index (χ2v) is 9.60. The van der Waals surface area contributed by atoms with E-state index in [1.165, 1.54) is 13.5 Å². The standard InChI is InChI=1S/C20H23Cl2NO4/c1-26-16-3-2-14(21)5-15(16)23-17(24)10-27-18(25)19-6-12-4-13(7-19)9-20(22,8-12)11-19/h2-3,5,12-13H,4,6-11H2,1H3,(H,23,24)/t12-,13-,19?,20?/m1/s1. The molecule has 4 fully saturated rings. The molecule has 0 radical (unpaired) electrons. The first-order valence-corrected chi connectivity index (χ1v) is 10.1. The molecule has 146 valence electrons. The van der Waals surface area contributed by atoms with E-state index in [0.717, 1.165) is 25.7 Å². The minimum absolute atomic E-state index is 0.264. The Morgan fingerprint density at radius 3 is 2.56 bits per heavy atom. The van der Waals surface area contributed by atoms with Gasteiger partial charge in [0, 0.05) is 9.90 Å². The van der Waals surface area contributed by atoms with E-state index in [1.54, 1.807) is 18.2 Å². The first-order valence-electron chi connectivity index (χ1n) is 9.30. The van der Waals surface area contributed by atoms with Crippen molar-refractivity contribution in [3.8, 4) is 5.75 Å². The van der Waals surface area contributed by atoms with Gasteiger partial charge in [0.2, 0.25) is 0 Å². The van der Waals surface area contributed by atoms with Crippen LogP contribution in [0.4, 0.5) is 5.69 Å². The molecule has 1 aromatic carbocycles. The number of methoxy groups -OCH3 is 1. The van der Waals surface area contributed by atoms with E-state index >= 15 is 0 Å². The normalized spacial score (nSPS) is 33.6. The molecule has 4 aliphatic rings. The van der Waals surface area contributed by atoms with E-state index in [4.69, 9.17) is 32.7 Å². The molecule has 1 amide bonds. The number of nitrogens with one attached hydrogen (secondary N) is 1. The molecule has 0 saturated heterocycles. The third-order valence-corrected chi connectivity index (χ3v) is 6.87. The third kappa shape index (κ3) is 3.64. The van der Waals surface area contributed by atoms with Crippen LogP contribution in [0.5, 0.6) is 5.75 Å². The maximum atomic E-state index is 12.9. The van der Waals surface area contributed by atoms with Gasteiger partial charge < -0.3 is 14.8 Å². The van der Waals surface area contributed by atoms with E-state index in [-0.39, 0.29) is 17.5 Å². The maximum absolute atomic E-state index is 12.9. The van der Waals surface area contributed by atoms with Crippen LogP contribution >= 0.6 is 23.2 Å². The smallest absolute Gasteiger partial charge is 0.312 e. The molecule has 5 nitrogen and oxygen atoms in total. The Hall–Kier alpha value is -1.46. The summed E-state index contributed by atoms with van der Waals surface area (Å²) in [6, 6.07) is 4.93. The molecule has 7 heteroatoms. The fourth-order valence-corrected chi connectivity index (χ4v) is 6.50. The average molecular weight is 412 g/mol. The Morgan fingerprint density at radius 2 is 1.93 bits per heavy atom. The molecule has 0 aliphatic heterocycles. The van der Waals surface area contributed by atoms with E-state index in [9.17, 15) is 9.59 Å². The van der Waals surface area contributed by atoms with Crippen LogP contribution in [0.2, 0.25) is 5.02 Å². The van der Waals surface area contributed by atoms with Gasteiger partial charge in [-0.2, -0.15) is 0 Å². The van der Waals surface area contributed by atoms with Crippen molar-refractivity contribution in [2.75, 3.05) is 19.0 Å². The molecule has 0 heterocycles. The summed E-state index contributed by atoms with van der Waals surface area (Å²) in [5.41, 5.74) is -0.0691. The summed E-state index contributed by atoms with van der Waals surface area (Å²) in [6.07, 6.45) is 5.49. The van der Waals surface area contributed by atoms with Crippen molar-refractivity contribution in [2.24, 2.45) is 17.3 Å². The van der Waals surface area contributed by atoms with Gasteiger partial charge in [0.15, 0.2) is 6.61 Å². The van der Waals surface area contributed by atoms with Gasteiger partial charge in [-0.3, -0.25) is 9.59 Å². The SMILES string of the molecule is COc1ccc(Cl)cc1NC(=O)COC(=O)C12C[C@H]3C[C@@H](CC(Cl)(C3)C1)C2. The first kappa shape index (κ1) is 18.9. The van der Waals surface area contributed by atoms with Gasteiger partial charge in [-0.15, -0.1) is 11.6 Å². The maximum Gasteiger partial charge on any atom is 0.312 e. The van der Waals surface area contributed by atoms with Gasteiger partial charge in [0.05, 0.1) is 18.2 Å². The van der Waals surface area contributed by atoms with Gasteiger partial charge in [-0.25, -0.2) is 0 Å². The molecule has 0 spiro atoms. The molecule has 0 aromatic heterocycles. The first-order chi connectivity index (χ1) is 12.8. The Labute approximate surface area is 168 Å². The van der Waals surface area contributed by atoms with Crippen molar-refractivity contribution < 1.29 is 19.1 Å². The lowest BCUT2D eigenvalue weighted by Crippen LogP contribution is -2.56. The average Bonchev–Trinajstić information content (AvgIpc) is 2.57. The topological polar surface area (TPSA) is 64.6 Å². The predicted octanol–water partition coefficient (Wildman–Crippen LogP) is 4.41. The summed E-state index contributed by atoms with van der Waals surface area (Å²) in [5.74, 6) is 0.787. The minimum Gasteiger partial charge on any atom is -0.495 e. The lowest BCUT2D eigenvalue weighted by molar-refractivity contribution is -0.171. The van der Waals surface area contributed by atoms with Crippen molar-refractivity contribution in [1.29, 1.82) is 0 Å². The summed E-state index contributed by atoms with van der Waals surface area (Å²) >= 11 is 12.7. The van der Waals surface area contributed by atoms with E-state index in [2.05, 4.69) is 5.32 Å². The molecule has 0 unspecified atom stereocenters. The molecule has 1 N–H and O–H groups in total. The number of benzene rings is 1. The molecule has 4 saturated carbocycles. The highest BCUT2D eigenvalue weighted by atomic mass is 35.5. The number of hydrogen-bond donors (Lipinski definition) is 1. The van der Waals surface area contributed by atoms with Gasteiger partial charge >= 0.3 is 5.97 Å². The Bertz CT molecular complexity index is 767. The fraction of sp³-hybridized carbons (Fsp3) is 0.600. The van der Waals surface area contributed by atoms with Crippen LogP contribution in [0, 0.1) is 17.3 Å². The number of anilines is 1. The number of carbonyl (C=O) groups is 2. The van der Waals surface area contributed by atoms with E-state index in [1.807, 2.05) is 0 Å². The molecular formula is C20H23Cl2NO4. The molecule has 5 rings (SSSR count). The largest absolute Gasteiger partial charge is 0.495 e. The number of ether oxygens (including phenoxy) is 2. The summed E-state index contributed by atoms with van der Waals surface area (Å²) in [5, 5.41) is 3.16. The van der Waals surface area contributed by atoms with Crippen LogP contribution in [0.3, 0.4) is 0 Å². The fourth-order valence-electron chi connectivity index (χ4n) is 5.64. The van der Waals surface area contributed by atoms with Gasteiger partial charge in [-0.05, 0) is 68.6 Å². The number of rotatable bonds is 5. The van der Waals surface area contributed by atoms with E-state index < -0.39 is 11.3 Å². The molecule has 27 heavy (non-hydrogen) atoms. The number of hydrogen-bond acceptors (Lipinski definition) is 4. The Morgan fingerprint density at radius 1 is 1.22 bits per heavy atom. The molecule has 4 bridgehead atoms. The van der Waals surface area contributed by atoms with E-state index in [0.29, 0.717) is 34.7 Å². The summed E-state index contributed by atoms with van der Waals surface area (Å²) in [7, 11) is 1.51. The monoisotopic (exact) mass is 411 g/mol. The molecule has 4 aliphatic carbocycles. The quantitative estimate of drug-likeness (QED) is 0.575.